The molecule has 128 valence electrons. The van der Waals surface area contributed by atoms with Gasteiger partial charge in [0.25, 0.3) is 0 Å². The van der Waals surface area contributed by atoms with Crippen LogP contribution in [0.3, 0.4) is 0 Å². The first-order valence-electron chi connectivity index (χ1n) is 8.47. The van der Waals surface area contributed by atoms with Gasteiger partial charge in [0.2, 0.25) is 0 Å². The molecule has 0 aliphatic carbocycles. The van der Waals surface area contributed by atoms with E-state index in [0.29, 0.717) is 0 Å². The molecule has 4 rings (SSSR count). The largest absolute Gasteiger partial charge is 0.338 e. The molecular weight excluding hydrogens is 386 g/mol. The van der Waals surface area contributed by atoms with Gasteiger partial charge in [0.1, 0.15) is 5.52 Å². The summed E-state index contributed by atoms with van der Waals surface area (Å²) in [5.41, 5.74) is 6.76. The molecule has 26 heavy (non-hydrogen) atoms. The Kier molecular flexibility index (Phi) is 4.43. The van der Waals surface area contributed by atoms with E-state index in [9.17, 15) is 0 Å². The second-order valence-electron chi connectivity index (χ2n) is 6.25. The average molecular weight is 404 g/mol. The van der Waals surface area contributed by atoms with Gasteiger partial charge in [0, 0.05) is 27.9 Å². The molecule has 2 aromatic heterocycles. The van der Waals surface area contributed by atoms with Crippen LogP contribution in [0.25, 0.3) is 22.0 Å². The Morgan fingerprint density at radius 3 is 2.38 bits per heavy atom. The Labute approximate surface area is 161 Å². The molecule has 0 radical (unpaired) electrons. The van der Waals surface area contributed by atoms with Crippen molar-refractivity contribution in [2.75, 3.05) is 5.32 Å². The quantitative estimate of drug-likeness (QED) is 0.428. The molecule has 4 aromatic rings. The molecule has 0 saturated heterocycles. The average Bonchev–Trinajstić information content (AvgIpc) is 2.66. The summed E-state index contributed by atoms with van der Waals surface area (Å²) in [5.74, 6) is 0.773. The molecule has 0 unspecified atom stereocenters. The third-order valence-corrected chi connectivity index (χ3v) is 5.52. The van der Waals surface area contributed by atoms with Crippen molar-refractivity contribution in [3.8, 4) is 11.1 Å². The van der Waals surface area contributed by atoms with Crippen molar-refractivity contribution in [1.29, 1.82) is 0 Å². The van der Waals surface area contributed by atoms with Crippen molar-refractivity contribution in [3.05, 3.63) is 82.6 Å². The van der Waals surface area contributed by atoms with Gasteiger partial charge in [-0.15, -0.1) is 0 Å². The van der Waals surface area contributed by atoms with Crippen molar-refractivity contribution >= 4 is 38.3 Å². The number of nitrogens with zero attached hydrogens (tertiary/aromatic N) is 2. The van der Waals surface area contributed by atoms with Crippen LogP contribution in [0.5, 0.6) is 0 Å². The Bertz CT molecular complexity index is 1100. The predicted molar refractivity (Wildman–Crippen MR) is 112 cm³/mol. The summed E-state index contributed by atoms with van der Waals surface area (Å²) in [5, 5.41) is 4.55. The van der Waals surface area contributed by atoms with E-state index in [-0.39, 0.29) is 0 Å². The smallest absolute Gasteiger partial charge is 0.156 e. The first-order valence-corrected chi connectivity index (χ1v) is 9.26. The van der Waals surface area contributed by atoms with Gasteiger partial charge in [-0.3, -0.25) is 4.98 Å². The first kappa shape index (κ1) is 16.7. The van der Waals surface area contributed by atoms with E-state index < -0.39 is 0 Å². The highest BCUT2D eigenvalue weighted by Gasteiger charge is 2.11. The van der Waals surface area contributed by atoms with Gasteiger partial charge in [-0.2, -0.15) is 0 Å². The fourth-order valence-corrected chi connectivity index (χ4v) is 3.55. The fourth-order valence-electron chi connectivity index (χ4n) is 3.18. The summed E-state index contributed by atoms with van der Waals surface area (Å²) in [7, 11) is 0. The zero-order valence-corrected chi connectivity index (χ0v) is 16.2. The molecule has 0 fully saturated rings. The summed E-state index contributed by atoms with van der Waals surface area (Å²) in [4.78, 5) is 8.98. The molecule has 3 nitrogen and oxygen atoms in total. The molecule has 2 heterocycles. The van der Waals surface area contributed by atoms with Crippen molar-refractivity contribution in [3.63, 3.8) is 0 Å². The maximum absolute atomic E-state index is 4.50. The SMILES string of the molecule is Cc1c(Br)cccc1-c1cccc(Nc2nccc3cccnc23)c1C. The molecule has 4 heteroatoms. The van der Waals surface area contributed by atoms with Crippen LogP contribution in [0.1, 0.15) is 11.1 Å². The molecule has 0 amide bonds. The highest BCUT2D eigenvalue weighted by Crippen LogP contribution is 2.34. The van der Waals surface area contributed by atoms with E-state index in [1.165, 1.54) is 22.3 Å². The van der Waals surface area contributed by atoms with Crippen LogP contribution in [0, 0.1) is 13.8 Å². The van der Waals surface area contributed by atoms with Gasteiger partial charge in [0.05, 0.1) is 0 Å². The van der Waals surface area contributed by atoms with E-state index in [2.05, 4.69) is 81.5 Å². The second kappa shape index (κ2) is 6.89. The monoisotopic (exact) mass is 403 g/mol. The zero-order chi connectivity index (χ0) is 18.1. The zero-order valence-electron chi connectivity index (χ0n) is 14.6. The number of hydrogen-bond donors (Lipinski definition) is 1. The molecule has 0 spiro atoms. The molecule has 1 N–H and O–H groups in total. The summed E-state index contributed by atoms with van der Waals surface area (Å²) in [6, 6.07) is 18.6. The Morgan fingerprint density at radius 1 is 0.769 bits per heavy atom. The number of halogens is 1. The molecular formula is C22H18BrN3. The molecule has 2 aromatic carbocycles. The number of anilines is 2. The van der Waals surface area contributed by atoms with Crippen LogP contribution >= 0.6 is 15.9 Å². The Balaban J connectivity index is 1.80. The molecule has 0 aliphatic rings. The van der Waals surface area contributed by atoms with Crippen LogP contribution in [0.2, 0.25) is 0 Å². The summed E-state index contributed by atoms with van der Waals surface area (Å²) in [6.45, 7) is 4.27. The number of hydrogen-bond acceptors (Lipinski definition) is 3. The van der Waals surface area contributed by atoms with E-state index in [1.807, 2.05) is 24.4 Å². The standard InChI is InChI=1S/C22H18BrN3/c1-14-17(7-3-9-19(14)23)18-8-4-10-20(15(18)2)26-22-21-16(11-13-25-22)6-5-12-24-21/h3-13H,1-2H3,(H,25,26). The normalized spacial score (nSPS) is 10.9. The molecule has 0 atom stereocenters. The van der Waals surface area contributed by atoms with Gasteiger partial charge >= 0.3 is 0 Å². The van der Waals surface area contributed by atoms with Crippen LogP contribution < -0.4 is 5.32 Å². The van der Waals surface area contributed by atoms with E-state index in [0.717, 1.165) is 26.9 Å². The van der Waals surface area contributed by atoms with Crippen LogP contribution in [-0.2, 0) is 0 Å². The van der Waals surface area contributed by atoms with Gasteiger partial charge in [0.15, 0.2) is 5.82 Å². The lowest BCUT2D eigenvalue weighted by Crippen LogP contribution is -1.99. The minimum Gasteiger partial charge on any atom is -0.338 e. The highest BCUT2D eigenvalue weighted by molar-refractivity contribution is 9.10. The summed E-state index contributed by atoms with van der Waals surface area (Å²) >= 11 is 3.63. The Hall–Kier alpha value is -2.72. The van der Waals surface area contributed by atoms with Crippen molar-refractivity contribution < 1.29 is 0 Å². The Morgan fingerprint density at radius 2 is 1.54 bits per heavy atom. The third kappa shape index (κ3) is 2.97. The lowest BCUT2D eigenvalue weighted by Gasteiger charge is -2.16. The lowest BCUT2D eigenvalue weighted by atomic mass is 9.95. The number of pyridine rings is 2. The predicted octanol–water partition coefficient (Wildman–Crippen LogP) is 6.42. The van der Waals surface area contributed by atoms with Gasteiger partial charge < -0.3 is 5.32 Å². The second-order valence-corrected chi connectivity index (χ2v) is 7.10. The number of fused-ring (bicyclic) bond motifs is 1. The van der Waals surface area contributed by atoms with Crippen LogP contribution in [0.15, 0.2) is 71.5 Å². The van der Waals surface area contributed by atoms with Crippen molar-refractivity contribution in [2.45, 2.75) is 13.8 Å². The fraction of sp³-hybridized carbons (Fsp3) is 0.0909. The topological polar surface area (TPSA) is 37.8 Å². The minimum atomic E-state index is 0.773. The number of benzene rings is 2. The molecule has 0 saturated carbocycles. The summed E-state index contributed by atoms with van der Waals surface area (Å²) < 4.78 is 1.12. The third-order valence-electron chi connectivity index (χ3n) is 4.67. The van der Waals surface area contributed by atoms with Crippen LogP contribution in [-0.4, -0.2) is 9.97 Å². The number of rotatable bonds is 3. The van der Waals surface area contributed by atoms with Crippen LogP contribution in [0.4, 0.5) is 11.5 Å². The lowest BCUT2D eigenvalue weighted by molar-refractivity contribution is 1.29. The summed E-state index contributed by atoms with van der Waals surface area (Å²) in [6.07, 6.45) is 3.60. The van der Waals surface area contributed by atoms with E-state index in [4.69, 9.17) is 0 Å². The number of aromatic nitrogens is 2. The number of nitrogens with one attached hydrogen (secondary N) is 1. The maximum Gasteiger partial charge on any atom is 0.156 e. The van der Waals surface area contributed by atoms with Gasteiger partial charge in [-0.1, -0.05) is 46.3 Å². The van der Waals surface area contributed by atoms with Crippen molar-refractivity contribution in [1.82, 2.24) is 9.97 Å². The molecule has 0 aliphatic heterocycles. The minimum absolute atomic E-state index is 0.773. The van der Waals surface area contributed by atoms with Gasteiger partial charge in [-0.05, 0) is 60.4 Å². The van der Waals surface area contributed by atoms with Gasteiger partial charge in [-0.25, -0.2) is 4.98 Å². The highest BCUT2D eigenvalue weighted by atomic mass is 79.9. The first-order chi connectivity index (χ1) is 12.6. The van der Waals surface area contributed by atoms with E-state index in [1.54, 1.807) is 6.20 Å². The van der Waals surface area contributed by atoms with Crippen molar-refractivity contribution in [2.24, 2.45) is 0 Å². The molecule has 0 bridgehead atoms. The maximum atomic E-state index is 4.50. The van der Waals surface area contributed by atoms with E-state index >= 15 is 0 Å².